The second kappa shape index (κ2) is 7.38. The Hall–Kier alpha value is -1.83. The van der Waals surface area contributed by atoms with Crippen LogP contribution in [0.25, 0.3) is 0 Å². The van der Waals surface area contributed by atoms with Gasteiger partial charge in [-0.3, -0.25) is 0 Å². The highest BCUT2D eigenvalue weighted by molar-refractivity contribution is 5.75. The van der Waals surface area contributed by atoms with Crippen LogP contribution in [-0.2, 0) is 4.74 Å². The van der Waals surface area contributed by atoms with Crippen molar-refractivity contribution in [3.05, 3.63) is 35.6 Å². The largest absolute Gasteiger partial charge is 0.391 e. The van der Waals surface area contributed by atoms with Crippen LogP contribution >= 0.6 is 0 Å². The topological polar surface area (TPSA) is 41.6 Å². The molecule has 1 aliphatic rings. The fourth-order valence-corrected chi connectivity index (χ4v) is 2.76. The van der Waals surface area contributed by atoms with Gasteiger partial charge in [0.1, 0.15) is 5.82 Å². The zero-order valence-electron chi connectivity index (χ0n) is 13.4. The van der Waals surface area contributed by atoms with Crippen LogP contribution in [0.3, 0.4) is 0 Å². The Bertz CT molecular complexity index is 552. The normalized spacial score (nSPS) is 23.0. The van der Waals surface area contributed by atoms with Gasteiger partial charge < -0.3 is 15.0 Å². The zero-order valence-corrected chi connectivity index (χ0v) is 13.4. The summed E-state index contributed by atoms with van der Waals surface area (Å²) < 4.78 is 57.0. The van der Waals surface area contributed by atoms with Gasteiger partial charge in [-0.25, -0.2) is 9.18 Å². The van der Waals surface area contributed by atoms with Gasteiger partial charge >= 0.3 is 12.2 Å². The summed E-state index contributed by atoms with van der Waals surface area (Å²) >= 11 is 0. The highest BCUT2D eigenvalue weighted by Crippen LogP contribution is 2.30. The van der Waals surface area contributed by atoms with Gasteiger partial charge in [-0.15, -0.1) is 0 Å². The predicted octanol–water partition coefficient (Wildman–Crippen LogP) is 3.64. The number of hydrogen-bond donors (Lipinski definition) is 1. The number of nitrogens with one attached hydrogen (secondary N) is 1. The van der Waals surface area contributed by atoms with Crippen LogP contribution in [0.2, 0.25) is 0 Å². The minimum Gasteiger partial charge on any atom is -0.372 e. The van der Waals surface area contributed by atoms with E-state index in [1.807, 2.05) is 0 Å². The van der Waals surface area contributed by atoms with Gasteiger partial charge in [-0.1, -0.05) is 12.1 Å². The number of carbonyl (C=O) groups excluding carboxylic acids is 1. The lowest BCUT2D eigenvalue weighted by atomic mass is 10.0. The van der Waals surface area contributed by atoms with Gasteiger partial charge in [0.25, 0.3) is 0 Å². The summed E-state index contributed by atoms with van der Waals surface area (Å²) in [4.78, 5) is 13.8. The molecule has 24 heavy (non-hydrogen) atoms. The Balaban J connectivity index is 2.12. The van der Waals surface area contributed by atoms with Crippen molar-refractivity contribution < 1.29 is 27.1 Å². The third-order valence-corrected chi connectivity index (χ3v) is 3.71. The lowest BCUT2D eigenvalue weighted by Crippen LogP contribution is -2.52. The Labute approximate surface area is 137 Å². The third kappa shape index (κ3) is 5.36. The van der Waals surface area contributed by atoms with Gasteiger partial charge in [0.2, 0.25) is 0 Å². The molecule has 3 atom stereocenters. The van der Waals surface area contributed by atoms with Crippen LogP contribution in [0, 0.1) is 5.82 Å². The van der Waals surface area contributed by atoms with E-state index in [0.29, 0.717) is 13.1 Å². The van der Waals surface area contributed by atoms with Gasteiger partial charge in [0, 0.05) is 13.1 Å². The first-order chi connectivity index (χ1) is 11.1. The van der Waals surface area contributed by atoms with Crippen LogP contribution in [0.1, 0.15) is 31.9 Å². The first-order valence-corrected chi connectivity index (χ1v) is 7.67. The molecule has 1 fully saturated rings. The third-order valence-electron chi connectivity index (χ3n) is 3.71. The molecule has 4 nitrogen and oxygen atoms in total. The number of nitrogens with zero attached hydrogens (tertiary/aromatic N) is 1. The number of halogens is 4. The SMILES string of the molecule is C[C@@H]1CN(C(=O)N[C@@H](CC(F)(F)F)c2ccc(F)cc2)C[C@H](C)O1. The molecule has 1 aromatic carbocycles. The maximum absolute atomic E-state index is 13.0. The van der Waals surface area contributed by atoms with E-state index in [2.05, 4.69) is 5.32 Å². The maximum Gasteiger partial charge on any atom is 0.391 e. The minimum absolute atomic E-state index is 0.189. The molecule has 0 bridgehead atoms. The number of hydrogen-bond acceptors (Lipinski definition) is 2. The average Bonchev–Trinajstić information content (AvgIpc) is 2.44. The molecular weight excluding hydrogens is 328 g/mol. The molecule has 0 aliphatic carbocycles. The number of ether oxygens (including phenoxy) is 1. The monoisotopic (exact) mass is 348 g/mol. The Morgan fingerprint density at radius 2 is 1.79 bits per heavy atom. The first kappa shape index (κ1) is 18.5. The second-order valence-corrected chi connectivity index (χ2v) is 6.04. The molecule has 1 N–H and O–H groups in total. The molecule has 0 spiro atoms. The summed E-state index contributed by atoms with van der Waals surface area (Å²) in [5.41, 5.74) is 0.205. The van der Waals surface area contributed by atoms with E-state index < -0.39 is 30.5 Å². The molecule has 1 aliphatic heterocycles. The predicted molar refractivity (Wildman–Crippen MR) is 79.9 cm³/mol. The summed E-state index contributed by atoms with van der Waals surface area (Å²) in [6.45, 7) is 4.20. The second-order valence-electron chi connectivity index (χ2n) is 6.04. The molecule has 0 radical (unpaired) electrons. The van der Waals surface area contributed by atoms with Crippen molar-refractivity contribution in [3.63, 3.8) is 0 Å². The number of alkyl halides is 3. The molecule has 0 aromatic heterocycles. The van der Waals surface area contributed by atoms with Crippen molar-refractivity contribution in [1.82, 2.24) is 10.2 Å². The van der Waals surface area contributed by atoms with E-state index in [1.54, 1.807) is 13.8 Å². The molecule has 2 rings (SSSR count). The summed E-state index contributed by atoms with van der Waals surface area (Å²) in [6.07, 6.45) is -6.06. The van der Waals surface area contributed by atoms with Crippen LogP contribution in [0.5, 0.6) is 0 Å². The van der Waals surface area contributed by atoms with Gasteiger partial charge in [0.15, 0.2) is 0 Å². The van der Waals surface area contributed by atoms with E-state index >= 15 is 0 Å². The number of carbonyl (C=O) groups is 1. The van der Waals surface area contributed by atoms with E-state index in [9.17, 15) is 22.4 Å². The van der Waals surface area contributed by atoms with Crippen molar-refractivity contribution in [2.75, 3.05) is 13.1 Å². The summed E-state index contributed by atoms with van der Waals surface area (Å²) in [5.74, 6) is -0.549. The Morgan fingerprint density at radius 1 is 1.25 bits per heavy atom. The smallest absolute Gasteiger partial charge is 0.372 e. The van der Waals surface area contributed by atoms with Crippen molar-refractivity contribution >= 4 is 6.03 Å². The molecule has 1 heterocycles. The fraction of sp³-hybridized carbons (Fsp3) is 0.562. The van der Waals surface area contributed by atoms with Crippen molar-refractivity contribution in [2.45, 2.75) is 44.7 Å². The van der Waals surface area contributed by atoms with Gasteiger partial charge in [-0.05, 0) is 31.5 Å². The molecule has 134 valence electrons. The minimum atomic E-state index is -4.46. The summed E-state index contributed by atoms with van der Waals surface area (Å²) in [6, 6.07) is 2.78. The van der Waals surface area contributed by atoms with Crippen LogP contribution in [0.15, 0.2) is 24.3 Å². The average molecular weight is 348 g/mol. The van der Waals surface area contributed by atoms with E-state index in [1.165, 1.54) is 17.0 Å². The quantitative estimate of drug-likeness (QED) is 0.848. The number of rotatable bonds is 3. The highest BCUT2D eigenvalue weighted by atomic mass is 19.4. The van der Waals surface area contributed by atoms with E-state index in [4.69, 9.17) is 4.74 Å². The van der Waals surface area contributed by atoms with Crippen molar-refractivity contribution in [3.8, 4) is 0 Å². The lowest BCUT2D eigenvalue weighted by Gasteiger charge is -2.36. The van der Waals surface area contributed by atoms with Crippen LogP contribution in [0.4, 0.5) is 22.4 Å². The van der Waals surface area contributed by atoms with E-state index in [-0.39, 0.29) is 17.8 Å². The highest BCUT2D eigenvalue weighted by Gasteiger charge is 2.35. The maximum atomic E-state index is 13.0. The number of benzene rings is 1. The molecule has 0 saturated carbocycles. The van der Waals surface area contributed by atoms with E-state index in [0.717, 1.165) is 12.1 Å². The van der Waals surface area contributed by atoms with Crippen LogP contribution < -0.4 is 5.32 Å². The summed E-state index contributed by atoms with van der Waals surface area (Å²) in [7, 11) is 0. The number of amides is 2. The van der Waals surface area contributed by atoms with Crippen molar-refractivity contribution in [1.29, 1.82) is 0 Å². The molecule has 2 amide bonds. The molecular formula is C16H20F4N2O2. The molecule has 0 unspecified atom stereocenters. The lowest BCUT2D eigenvalue weighted by molar-refractivity contribution is -0.140. The Morgan fingerprint density at radius 3 is 2.29 bits per heavy atom. The standard InChI is InChI=1S/C16H20F4N2O2/c1-10-8-22(9-11(2)24-10)15(23)21-14(7-16(18,19)20)12-3-5-13(17)6-4-12/h3-6,10-11,14H,7-9H2,1-2H3,(H,21,23)/t10-,11+,14-/m0/s1. The van der Waals surface area contributed by atoms with Gasteiger partial charge in [-0.2, -0.15) is 13.2 Å². The van der Waals surface area contributed by atoms with Gasteiger partial charge in [0.05, 0.1) is 24.7 Å². The molecule has 1 saturated heterocycles. The fourth-order valence-electron chi connectivity index (χ4n) is 2.76. The van der Waals surface area contributed by atoms with Crippen LogP contribution in [-0.4, -0.2) is 42.4 Å². The Kier molecular flexibility index (Phi) is 5.69. The first-order valence-electron chi connectivity index (χ1n) is 7.67. The number of morpholine rings is 1. The molecule has 1 aromatic rings. The summed E-state index contributed by atoms with van der Waals surface area (Å²) in [5, 5.41) is 2.41. The number of urea groups is 1. The molecule has 8 heteroatoms. The van der Waals surface area contributed by atoms with Crippen molar-refractivity contribution in [2.24, 2.45) is 0 Å². The zero-order chi connectivity index (χ0) is 17.9.